The maximum atomic E-state index is 13.8. The van der Waals surface area contributed by atoms with Crippen molar-refractivity contribution in [1.82, 2.24) is 9.80 Å². The summed E-state index contributed by atoms with van der Waals surface area (Å²) >= 11 is 0. The molecule has 1 aromatic carbocycles. The van der Waals surface area contributed by atoms with E-state index in [0.717, 1.165) is 51.0 Å². The van der Waals surface area contributed by atoms with E-state index in [2.05, 4.69) is 11.8 Å². The fourth-order valence-electron chi connectivity index (χ4n) is 7.67. The Hall–Kier alpha value is -1.60. The fraction of sp³-hybridized carbons (Fsp3) is 0.720. The molecule has 7 heteroatoms. The number of hydrogen-bond donors (Lipinski definition) is 0. The first-order valence-corrected chi connectivity index (χ1v) is 12.1. The molecule has 1 aromatic rings. The van der Waals surface area contributed by atoms with E-state index in [0.29, 0.717) is 36.5 Å². The van der Waals surface area contributed by atoms with Crippen LogP contribution in [0, 0.1) is 17.3 Å². The molecule has 4 fully saturated rings. The van der Waals surface area contributed by atoms with E-state index in [1.54, 1.807) is 6.07 Å². The summed E-state index contributed by atoms with van der Waals surface area (Å²) in [5.41, 5.74) is 0.654. The highest BCUT2D eigenvalue weighted by molar-refractivity contribution is 5.87. The molecular formula is C25H31F3N2O2. The molecule has 5 aliphatic rings. The monoisotopic (exact) mass is 448 g/mol. The van der Waals surface area contributed by atoms with E-state index in [-0.39, 0.29) is 23.3 Å². The molecule has 2 unspecified atom stereocenters. The third-order valence-corrected chi connectivity index (χ3v) is 9.45. The quantitative estimate of drug-likeness (QED) is 0.644. The van der Waals surface area contributed by atoms with Crippen molar-refractivity contribution >= 4 is 5.91 Å². The Kier molecular flexibility index (Phi) is 4.72. The van der Waals surface area contributed by atoms with Gasteiger partial charge in [-0.25, -0.2) is 0 Å². The Morgan fingerprint density at radius 2 is 1.97 bits per heavy atom. The zero-order valence-electron chi connectivity index (χ0n) is 18.5. The number of nitrogens with zero attached hydrogens (tertiary/aromatic N) is 2. The van der Waals surface area contributed by atoms with Crippen LogP contribution in [-0.2, 0) is 28.7 Å². The Labute approximate surface area is 187 Å². The number of carbonyl (C=O) groups is 1. The largest absolute Gasteiger partial charge is 0.416 e. The second-order valence-corrected chi connectivity index (χ2v) is 10.7. The van der Waals surface area contributed by atoms with Crippen LogP contribution in [0.3, 0.4) is 0 Å². The van der Waals surface area contributed by atoms with Crippen LogP contribution in [0.4, 0.5) is 13.2 Å². The van der Waals surface area contributed by atoms with Crippen molar-refractivity contribution in [2.75, 3.05) is 19.8 Å². The number of benzene rings is 1. The smallest absolute Gasteiger partial charge is 0.381 e. The molecule has 1 amide bonds. The number of rotatable bonds is 1. The van der Waals surface area contributed by atoms with Gasteiger partial charge in [-0.1, -0.05) is 13.0 Å². The molecule has 0 aromatic heterocycles. The summed E-state index contributed by atoms with van der Waals surface area (Å²) < 4.78 is 45.4. The van der Waals surface area contributed by atoms with Gasteiger partial charge < -0.3 is 9.64 Å². The molecule has 4 heterocycles. The maximum Gasteiger partial charge on any atom is 0.416 e. The first-order valence-electron chi connectivity index (χ1n) is 12.1. The molecule has 6 atom stereocenters. The lowest BCUT2D eigenvalue weighted by Gasteiger charge is -2.36. The van der Waals surface area contributed by atoms with Gasteiger partial charge in [0.05, 0.1) is 17.6 Å². The van der Waals surface area contributed by atoms with E-state index in [1.807, 2.05) is 4.90 Å². The molecule has 32 heavy (non-hydrogen) atoms. The van der Waals surface area contributed by atoms with Gasteiger partial charge in [0.1, 0.15) is 0 Å². The van der Waals surface area contributed by atoms with Crippen molar-refractivity contribution in [3.8, 4) is 0 Å². The summed E-state index contributed by atoms with van der Waals surface area (Å²) in [4.78, 5) is 18.4. The van der Waals surface area contributed by atoms with Gasteiger partial charge in [-0.15, -0.1) is 0 Å². The van der Waals surface area contributed by atoms with Crippen molar-refractivity contribution < 1.29 is 22.7 Å². The fourth-order valence-corrected chi connectivity index (χ4v) is 7.67. The van der Waals surface area contributed by atoms with Crippen LogP contribution in [0.2, 0.25) is 0 Å². The number of hydrogen-bond acceptors (Lipinski definition) is 3. The number of ether oxygens (including phenoxy) is 1. The van der Waals surface area contributed by atoms with Crippen molar-refractivity contribution in [2.45, 2.75) is 76.3 Å². The summed E-state index contributed by atoms with van der Waals surface area (Å²) in [7, 11) is 0. The second kappa shape index (κ2) is 7.20. The van der Waals surface area contributed by atoms with Crippen LogP contribution < -0.4 is 0 Å². The summed E-state index contributed by atoms with van der Waals surface area (Å²) in [5.74, 6) is 1.03. The number of carbonyl (C=O) groups excluding carboxylic acids is 1. The molecule has 4 aliphatic heterocycles. The van der Waals surface area contributed by atoms with E-state index >= 15 is 0 Å². The number of likely N-dealkylation sites (tertiary alicyclic amines) is 1. The third kappa shape index (κ3) is 2.99. The number of amides is 1. The van der Waals surface area contributed by atoms with Gasteiger partial charge in [-0.3, -0.25) is 9.69 Å². The van der Waals surface area contributed by atoms with Crippen molar-refractivity contribution in [3.63, 3.8) is 0 Å². The van der Waals surface area contributed by atoms with E-state index in [4.69, 9.17) is 4.74 Å². The normalized spacial score (nSPS) is 39.4. The van der Waals surface area contributed by atoms with Crippen LogP contribution in [0.25, 0.3) is 0 Å². The van der Waals surface area contributed by atoms with Crippen LogP contribution in [0.5, 0.6) is 0 Å². The molecule has 6 rings (SSSR count). The Bertz CT molecular complexity index is 934. The molecule has 0 radical (unpaired) electrons. The topological polar surface area (TPSA) is 32.8 Å². The molecule has 0 N–H and O–H groups in total. The highest BCUT2D eigenvalue weighted by Crippen LogP contribution is 2.56. The van der Waals surface area contributed by atoms with Gasteiger partial charge in [0, 0.05) is 31.3 Å². The molecule has 1 saturated carbocycles. The number of fused-ring (bicyclic) bond motifs is 3. The minimum Gasteiger partial charge on any atom is -0.381 e. The van der Waals surface area contributed by atoms with E-state index < -0.39 is 11.7 Å². The molecular weight excluding hydrogens is 417 g/mol. The summed E-state index contributed by atoms with van der Waals surface area (Å²) in [6.45, 7) is 5.31. The van der Waals surface area contributed by atoms with Gasteiger partial charge in [0.15, 0.2) is 0 Å². The third-order valence-electron chi connectivity index (χ3n) is 9.45. The van der Waals surface area contributed by atoms with E-state index in [9.17, 15) is 18.0 Å². The predicted molar refractivity (Wildman–Crippen MR) is 113 cm³/mol. The molecule has 1 spiro atoms. The Morgan fingerprint density at radius 1 is 1.12 bits per heavy atom. The van der Waals surface area contributed by atoms with E-state index in [1.165, 1.54) is 18.6 Å². The minimum absolute atomic E-state index is 0.0971. The highest BCUT2D eigenvalue weighted by Gasteiger charge is 2.61. The van der Waals surface area contributed by atoms with Gasteiger partial charge in [-0.2, -0.15) is 13.2 Å². The Balaban J connectivity index is 1.24. The number of alkyl halides is 3. The summed E-state index contributed by atoms with van der Waals surface area (Å²) in [6.07, 6.45) is 1.43. The molecule has 0 bridgehead atoms. The molecule has 174 valence electrons. The van der Waals surface area contributed by atoms with Crippen molar-refractivity contribution in [2.24, 2.45) is 17.3 Å². The number of halogens is 3. The molecule has 3 saturated heterocycles. The van der Waals surface area contributed by atoms with Gasteiger partial charge in [0.25, 0.3) is 0 Å². The minimum atomic E-state index is -4.36. The highest BCUT2D eigenvalue weighted by atomic mass is 19.4. The van der Waals surface area contributed by atoms with Gasteiger partial charge in [-0.05, 0) is 80.2 Å². The summed E-state index contributed by atoms with van der Waals surface area (Å²) in [6, 6.07) is 5.19. The second-order valence-electron chi connectivity index (χ2n) is 10.7. The lowest BCUT2D eigenvalue weighted by Crippen LogP contribution is -2.44. The lowest BCUT2D eigenvalue weighted by molar-refractivity contribution is -0.138. The molecule has 4 nitrogen and oxygen atoms in total. The lowest BCUT2D eigenvalue weighted by atomic mass is 9.73. The first-order chi connectivity index (χ1) is 15.3. The van der Waals surface area contributed by atoms with Crippen LogP contribution >= 0.6 is 0 Å². The average molecular weight is 449 g/mol. The standard InChI is InChI=1S/C25H31F3N2O2/c1-15-22-11-16-2-3-19(25(26,27)28)10-18(16)13-30(22)23(31)24(15)7-4-20(12-24)29-8-5-17-14-32-9-6-21(17)29/h2-3,10,15,17,20-22H,4-9,11-14H2,1H3/t15?,17-,20-,21+,22?,24+/m1/s1. The first kappa shape index (κ1) is 21.0. The van der Waals surface area contributed by atoms with Crippen LogP contribution in [0.1, 0.15) is 55.7 Å². The van der Waals surface area contributed by atoms with Crippen LogP contribution in [-0.4, -0.2) is 53.6 Å². The molecule has 1 aliphatic carbocycles. The van der Waals surface area contributed by atoms with Crippen molar-refractivity contribution in [3.05, 3.63) is 34.9 Å². The summed E-state index contributed by atoms with van der Waals surface area (Å²) in [5, 5.41) is 0. The van der Waals surface area contributed by atoms with Crippen molar-refractivity contribution in [1.29, 1.82) is 0 Å². The average Bonchev–Trinajstić information content (AvgIpc) is 3.45. The van der Waals surface area contributed by atoms with Crippen LogP contribution in [0.15, 0.2) is 18.2 Å². The maximum absolute atomic E-state index is 13.8. The van der Waals surface area contributed by atoms with Gasteiger partial charge >= 0.3 is 6.18 Å². The Morgan fingerprint density at radius 3 is 2.78 bits per heavy atom. The predicted octanol–water partition coefficient (Wildman–Crippen LogP) is 4.26. The zero-order chi connectivity index (χ0) is 22.3. The van der Waals surface area contributed by atoms with Gasteiger partial charge in [0.2, 0.25) is 5.91 Å². The zero-order valence-corrected chi connectivity index (χ0v) is 18.5. The SMILES string of the molecule is CC1C2Cc3ccc(C(F)(F)F)cc3CN2C(=O)[C@]12CC[C@@H](N1CC[C@@H]3COCC[C@@H]31)C2.